The maximum Gasteiger partial charge on any atom is 0.416 e. The average Bonchev–Trinajstić information content (AvgIpc) is 2.64. The molecule has 0 amide bonds. The Morgan fingerprint density at radius 2 is 1.96 bits per heavy atom. The van der Waals surface area contributed by atoms with E-state index in [0.29, 0.717) is 17.1 Å². The molecule has 9 heteroatoms. The summed E-state index contributed by atoms with van der Waals surface area (Å²) >= 11 is 1.22. The molecule has 5 nitrogen and oxygen atoms in total. The summed E-state index contributed by atoms with van der Waals surface area (Å²) in [5, 5.41) is 3.10. The lowest BCUT2D eigenvalue weighted by Gasteiger charge is -2.19. The van der Waals surface area contributed by atoms with Crippen LogP contribution in [0.3, 0.4) is 0 Å². The van der Waals surface area contributed by atoms with E-state index >= 15 is 0 Å². The summed E-state index contributed by atoms with van der Waals surface area (Å²) in [6.07, 6.45) is -4.55. The highest BCUT2D eigenvalue weighted by atomic mass is 32.2. The second-order valence-electron chi connectivity index (χ2n) is 5.63. The molecule has 4 N–H and O–H groups in total. The molecule has 0 aliphatic rings. The van der Waals surface area contributed by atoms with Gasteiger partial charge in [0.25, 0.3) is 0 Å². The number of esters is 1. The van der Waals surface area contributed by atoms with Gasteiger partial charge < -0.3 is 15.8 Å². The van der Waals surface area contributed by atoms with Gasteiger partial charge in [-0.25, -0.2) is 0 Å². The maximum absolute atomic E-state index is 13.0. The van der Waals surface area contributed by atoms with Gasteiger partial charge in [0.05, 0.1) is 42.4 Å². The molecule has 146 valence electrons. The van der Waals surface area contributed by atoms with Crippen LogP contribution in [0.1, 0.15) is 23.6 Å². The minimum atomic E-state index is -4.45. The van der Waals surface area contributed by atoms with Crippen LogP contribution in [0.5, 0.6) is 0 Å². The molecule has 2 rings (SSSR count). The van der Waals surface area contributed by atoms with Crippen molar-refractivity contribution in [3.63, 3.8) is 0 Å². The van der Waals surface area contributed by atoms with Crippen LogP contribution in [-0.4, -0.2) is 19.0 Å². The molecule has 0 aliphatic carbocycles. The SMILES string of the molecule is COC(=O)CC(NSCNc1ccccc1N)c1cccc(C(F)(F)F)c1. The van der Waals surface area contributed by atoms with E-state index < -0.39 is 23.8 Å². The van der Waals surface area contributed by atoms with Crippen molar-refractivity contribution in [2.45, 2.75) is 18.6 Å². The van der Waals surface area contributed by atoms with Gasteiger partial charge in [0, 0.05) is 0 Å². The molecule has 0 bridgehead atoms. The van der Waals surface area contributed by atoms with Crippen LogP contribution in [0.15, 0.2) is 48.5 Å². The molecule has 0 aliphatic heterocycles. The summed E-state index contributed by atoms with van der Waals surface area (Å²) in [5.41, 5.74) is 6.75. The number of methoxy groups -OCH3 is 1. The van der Waals surface area contributed by atoms with Crippen molar-refractivity contribution in [3.8, 4) is 0 Å². The van der Waals surface area contributed by atoms with E-state index in [1.807, 2.05) is 18.2 Å². The van der Waals surface area contributed by atoms with Gasteiger partial charge >= 0.3 is 12.1 Å². The van der Waals surface area contributed by atoms with E-state index in [-0.39, 0.29) is 6.42 Å². The second kappa shape index (κ2) is 9.52. The summed E-state index contributed by atoms with van der Waals surface area (Å²) in [4.78, 5) is 11.7. The third kappa shape index (κ3) is 6.37. The van der Waals surface area contributed by atoms with Crippen LogP contribution in [-0.2, 0) is 15.7 Å². The minimum absolute atomic E-state index is 0.0989. The Morgan fingerprint density at radius 3 is 2.63 bits per heavy atom. The highest BCUT2D eigenvalue weighted by Crippen LogP contribution is 2.32. The van der Waals surface area contributed by atoms with Gasteiger partial charge in [-0.2, -0.15) is 13.2 Å². The summed E-state index contributed by atoms with van der Waals surface area (Å²) < 4.78 is 46.5. The predicted octanol–water partition coefficient (Wildman–Crippen LogP) is 4.20. The van der Waals surface area contributed by atoms with Gasteiger partial charge in [-0.1, -0.05) is 36.2 Å². The monoisotopic (exact) mass is 399 g/mol. The zero-order chi connectivity index (χ0) is 19.9. The molecule has 2 aromatic rings. The fourth-order valence-electron chi connectivity index (χ4n) is 2.32. The van der Waals surface area contributed by atoms with Crippen molar-refractivity contribution < 1.29 is 22.7 Å². The van der Waals surface area contributed by atoms with Gasteiger partial charge in [0.2, 0.25) is 0 Å². The molecule has 0 heterocycles. The number of alkyl halides is 3. The largest absolute Gasteiger partial charge is 0.469 e. The topological polar surface area (TPSA) is 76.4 Å². The van der Waals surface area contributed by atoms with Gasteiger partial charge in [-0.05, 0) is 29.8 Å². The minimum Gasteiger partial charge on any atom is -0.469 e. The molecule has 0 saturated carbocycles. The van der Waals surface area contributed by atoms with E-state index in [0.717, 1.165) is 17.8 Å². The molecule has 27 heavy (non-hydrogen) atoms. The lowest BCUT2D eigenvalue weighted by atomic mass is 10.0. The van der Waals surface area contributed by atoms with E-state index in [1.165, 1.54) is 25.1 Å². The summed E-state index contributed by atoms with van der Waals surface area (Å²) in [7, 11) is 1.23. The van der Waals surface area contributed by atoms with Crippen molar-refractivity contribution in [1.29, 1.82) is 0 Å². The summed E-state index contributed by atoms with van der Waals surface area (Å²) in [5.74, 6) is -0.129. The quantitative estimate of drug-likeness (QED) is 0.203. The van der Waals surface area contributed by atoms with Crippen molar-refractivity contribution in [1.82, 2.24) is 4.72 Å². The molecule has 0 saturated heterocycles. The number of hydrogen-bond acceptors (Lipinski definition) is 6. The molecule has 0 radical (unpaired) electrons. The van der Waals surface area contributed by atoms with Gasteiger partial charge in [0.1, 0.15) is 0 Å². The first kappa shape index (κ1) is 20.9. The van der Waals surface area contributed by atoms with Crippen molar-refractivity contribution in [2.75, 3.05) is 24.0 Å². The van der Waals surface area contributed by atoms with Crippen LogP contribution in [0.4, 0.5) is 24.5 Å². The number of rotatable bonds is 8. The van der Waals surface area contributed by atoms with Crippen LogP contribution in [0, 0.1) is 0 Å². The molecular weight excluding hydrogens is 379 g/mol. The molecule has 0 aromatic heterocycles. The number of anilines is 2. The number of benzene rings is 2. The zero-order valence-corrected chi connectivity index (χ0v) is 15.4. The fraction of sp³-hybridized carbons (Fsp3) is 0.278. The number of nitrogens with one attached hydrogen (secondary N) is 2. The van der Waals surface area contributed by atoms with Gasteiger partial charge in [0.15, 0.2) is 0 Å². The Kier molecular flexibility index (Phi) is 7.37. The van der Waals surface area contributed by atoms with E-state index in [2.05, 4.69) is 14.8 Å². The third-order valence-electron chi connectivity index (χ3n) is 3.74. The summed E-state index contributed by atoms with van der Waals surface area (Å²) in [6, 6.07) is 11.5. The Balaban J connectivity index is 2.04. The van der Waals surface area contributed by atoms with Crippen LogP contribution in [0.2, 0.25) is 0 Å². The molecule has 1 atom stereocenters. The molecule has 0 spiro atoms. The molecular formula is C18H20F3N3O2S. The number of nitrogens with two attached hydrogens (primary N) is 1. The van der Waals surface area contributed by atoms with Gasteiger partial charge in [-0.15, -0.1) is 0 Å². The Hall–Kier alpha value is -2.39. The molecule has 0 fully saturated rings. The number of nitrogen functional groups attached to an aromatic ring is 1. The number of carbonyl (C=O) groups excluding carboxylic acids is 1. The number of hydrogen-bond donors (Lipinski definition) is 3. The van der Waals surface area contributed by atoms with Crippen LogP contribution >= 0.6 is 11.9 Å². The number of carbonyl (C=O) groups is 1. The highest BCUT2D eigenvalue weighted by molar-refractivity contribution is 7.97. The maximum atomic E-state index is 13.0. The van der Waals surface area contributed by atoms with E-state index in [1.54, 1.807) is 12.1 Å². The van der Waals surface area contributed by atoms with Crippen LogP contribution < -0.4 is 15.8 Å². The molecule has 1 unspecified atom stereocenters. The van der Waals surface area contributed by atoms with E-state index in [4.69, 9.17) is 5.73 Å². The Labute approximate surface area is 159 Å². The normalized spacial score (nSPS) is 12.4. The lowest BCUT2D eigenvalue weighted by Crippen LogP contribution is -2.21. The predicted molar refractivity (Wildman–Crippen MR) is 101 cm³/mol. The number of para-hydroxylation sites is 2. The summed E-state index contributed by atoms with van der Waals surface area (Å²) in [6.45, 7) is 0. The van der Waals surface area contributed by atoms with Crippen molar-refractivity contribution >= 4 is 29.3 Å². The molecule has 2 aromatic carbocycles. The first-order valence-corrected chi connectivity index (χ1v) is 8.99. The fourth-order valence-corrected chi connectivity index (χ4v) is 3.05. The lowest BCUT2D eigenvalue weighted by molar-refractivity contribution is -0.141. The number of ether oxygens (including phenoxy) is 1. The third-order valence-corrected chi connectivity index (χ3v) is 4.48. The second-order valence-corrected chi connectivity index (χ2v) is 6.44. The first-order chi connectivity index (χ1) is 12.8. The Morgan fingerprint density at radius 1 is 1.22 bits per heavy atom. The highest BCUT2D eigenvalue weighted by Gasteiger charge is 2.31. The zero-order valence-electron chi connectivity index (χ0n) is 14.5. The number of halogens is 3. The van der Waals surface area contributed by atoms with Crippen molar-refractivity contribution in [2.24, 2.45) is 0 Å². The van der Waals surface area contributed by atoms with Crippen molar-refractivity contribution in [3.05, 3.63) is 59.7 Å². The smallest absolute Gasteiger partial charge is 0.416 e. The van der Waals surface area contributed by atoms with E-state index in [9.17, 15) is 18.0 Å². The first-order valence-electron chi connectivity index (χ1n) is 8.01. The standard InChI is InChI=1S/C18H20F3N3O2S/c1-26-17(25)10-16(12-5-4-6-13(9-12)18(19,20)21)24-27-11-23-15-8-3-2-7-14(15)22/h2-9,16,23-24H,10-11,22H2,1H3. The average molecular weight is 399 g/mol. The van der Waals surface area contributed by atoms with Crippen LogP contribution in [0.25, 0.3) is 0 Å². The Bertz CT molecular complexity index is 772. The van der Waals surface area contributed by atoms with Gasteiger partial charge in [-0.3, -0.25) is 9.52 Å².